The number of nitrogens with one attached hydrogen (secondary N) is 1. The number of hydrogen-bond donors (Lipinski definition) is 2. The maximum Gasteiger partial charge on any atom is 0.0667 e. The number of rotatable bonds is 3. The molecule has 4 saturated carbocycles. The number of para-hydroxylation sites is 1. The zero-order valence-corrected chi connectivity index (χ0v) is 11.4. The molecule has 4 fully saturated rings. The Morgan fingerprint density at radius 3 is 2.05 bits per heavy atom. The summed E-state index contributed by atoms with van der Waals surface area (Å²) in [5.74, 6) is 3.24. The Morgan fingerprint density at radius 1 is 0.947 bits per heavy atom. The van der Waals surface area contributed by atoms with Crippen molar-refractivity contribution in [3.8, 4) is 0 Å². The second-order valence-corrected chi connectivity index (χ2v) is 6.99. The van der Waals surface area contributed by atoms with Crippen LogP contribution in [0.2, 0.25) is 0 Å². The predicted octanol–water partition coefficient (Wildman–Crippen LogP) is 3.29. The fraction of sp³-hybridized carbons (Fsp3) is 0.647. The van der Waals surface area contributed by atoms with Gasteiger partial charge in [0.05, 0.1) is 12.1 Å². The first-order chi connectivity index (χ1) is 9.30. The molecule has 1 aromatic carbocycles. The van der Waals surface area contributed by atoms with Crippen LogP contribution in [0.15, 0.2) is 30.3 Å². The van der Waals surface area contributed by atoms with Crippen LogP contribution in [0.5, 0.6) is 0 Å². The van der Waals surface area contributed by atoms with Crippen LogP contribution in [-0.2, 0) is 0 Å². The highest BCUT2D eigenvalue weighted by Gasteiger charge is 2.56. The zero-order valence-electron chi connectivity index (χ0n) is 11.4. The highest BCUT2D eigenvalue weighted by atomic mass is 16.3. The lowest BCUT2D eigenvalue weighted by Crippen LogP contribution is -2.63. The Labute approximate surface area is 115 Å². The normalized spacial score (nSPS) is 43.4. The van der Waals surface area contributed by atoms with Crippen LogP contribution in [0, 0.1) is 23.7 Å². The van der Waals surface area contributed by atoms with E-state index in [0.717, 1.165) is 11.8 Å². The van der Waals surface area contributed by atoms with Gasteiger partial charge in [-0.2, -0.15) is 0 Å². The van der Waals surface area contributed by atoms with Crippen LogP contribution in [0.1, 0.15) is 32.1 Å². The van der Waals surface area contributed by atoms with Crippen molar-refractivity contribution in [3.63, 3.8) is 0 Å². The first-order valence-corrected chi connectivity index (χ1v) is 7.74. The molecule has 0 saturated heterocycles. The van der Waals surface area contributed by atoms with Gasteiger partial charge in [0, 0.05) is 5.69 Å². The van der Waals surface area contributed by atoms with Gasteiger partial charge in [-0.3, -0.25) is 0 Å². The molecule has 102 valence electrons. The highest BCUT2D eigenvalue weighted by Crippen LogP contribution is 2.58. The summed E-state index contributed by atoms with van der Waals surface area (Å²) < 4.78 is 0. The van der Waals surface area contributed by atoms with Crippen LogP contribution in [0.4, 0.5) is 5.69 Å². The molecule has 0 amide bonds. The molecule has 4 aliphatic rings. The van der Waals surface area contributed by atoms with Crippen molar-refractivity contribution in [2.75, 3.05) is 11.9 Å². The summed E-state index contributed by atoms with van der Waals surface area (Å²) in [6, 6.07) is 10.5. The second-order valence-electron chi connectivity index (χ2n) is 6.99. The Balaban J connectivity index is 1.66. The fourth-order valence-electron chi connectivity index (χ4n) is 5.32. The summed E-state index contributed by atoms with van der Waals surface area (Å²) in [6.07, 6.45) is 6.77. The number of anilines is 1. The lowest BCUT2D eigenvalue weighted by molar-refractivity contribution is -0.0655. The first-order valence-electron chi connectivity index (χ1n) is 7.74. The summed E-state index contributed by atoms with van der Waals surface area (Å²) in [4.78, 5) is 0. The summed E-state index contributed by atoms with van der Waals surface area (Å²) in [5, 5.41) is 13.9. The van der Waals surface area contributed by atoms with E-state index in [1.165, 1.54) is 37.8 Å². The van der Waals surface area contributed by atoms with Gasteiger partial charge in [0.1, 0.15) is 0 Å². The predicted molar refractivity (Wildman–Crippen MR) is 76.9 cm³/mol. The highest BCUT2D eigenvalue weighted by molar-refractivity contribution is 5.46. The Bertz CT molecular complexity index is 428. The molecule has 0 atom stereocenters. The third-order valence-corrected chi connectivity index (χ3v) is 6.01. The van der Waals surface area contributed by atoms with Gasteiger partial charge >= 0.3 is 0 Å². The van der Waals surface area contributed by atoms with Gasteiger partial charge < -0.3 is 10.4 Å². The average molecular weight is 257 g/mol. The van der Waals surface area contributed by atoms with E-state index in [9.17, 15) is 5.11 Å². The van der Waals surface area contributed by atoms with Crippen LogP contribution in [0.3, 0.4) is 0 Å². The molecule has 2 nitrogen and oxygen atoms in total. The summed E-state index contributed by atoms with van der Waals surface area (Å²) in [7, 11) is 0. The third kappa shape index (κ3) is 1.73. The Hall–Kier alpha value is -1.02. The van der Waals surface area contributed by atoms with Gasteiger partial charge in [0.25, 0.3) is 0 Å². The molecule has 0 spiro atoms. The fourth-order valence-corrected chi connectivity index (χ4v) is 5.32. The molecule has 0 heterocycles. The van der Waals surface area contributed by atoms with E-state index in [2.05, 4.69) is 29.6 Å². The largest absolute Gasteiger partial charge is 0.394 e. The summed E-state index contributed by atoms with van der Waals surface area (Å²) >= 11 is 0. The minimum absolute atomic E-state index is 0.0469. The van der Waals surface area contributed by atoms with E-state index in [-0.39, 0.29) is 12.1 Å². The van der Waals surface area contributed by atoms with E-state index in [0.29, 0.717) is 11.8 Å². The summed E-state index contributed by atoms with van der Waals surface area (Å²) in [5.41, 5.74) is 1.12. The zero-order chi connectivity index (χ0) is 12.9. The Morgan fingerprint density at radius 2 is 1.53 bits per heavy atom. The third-order valence-electron chi connectivity index (χ3n) is 6.01. The van der Waals surface area contributed by atoms with E-state index in [4.69, 9.17) is 0 Å². The number of aliphatic hydroxyl groups is 1. The maximum absolute atomic E-state index is 10.1. The average Bonchev–Trinajstić information content (AvgIpc) is 2.43. The topological polar surface area (TPSA) is 32.3 Å². The molecule has 0 unspecified atom stereocenters. The molecule has 0 aliphatic heterocycles. The molecule has 5 rings (SSSR count). The van der Waals surface area contributed by atoms with Crippen molar-refractivity contribution in [2.45, 2.75) is 37.6 Å². The van der Waals surface area contributed by atoms with Crippen molar-refractivity contribution in [3.05, 3.63) is 30.3 Å². The van der Waals surface area contributed by atoms with E-state index in [1.54, 1.807) is 0 Å². The van der Waals surface area contributed by atoms with Crippen LogP contribution >= 0.6 is 0 Å². The molecule has 2 heteroatoms. The molecular weight excluding hydrogens is 234 g/mol. The monoisotopic (exact) mass is 257 g/mol. The van der Waals surface area contributed by atoms with Crippen LogP contribution < -0.4 is 5.32 Å². The standard InChI is InChI=1S/C17H23NO/c19-11-17(18-16-4-2-1-3-5-16)14-7-12-6-13(9-14)10-15(17)8-12/h1-5,12-15,18-19H,6-11H2. The van der Waals surface area contributed by atoms with Crippen LogP contribution in [0.25, 0.3) is 0 Å². The molecule has 0 aromatic heterocycles. The van der Waals surface area contributed by atoms with Gasteiger partial charge in [0.15, 0.2) is 0 Å². The minimum Gasteiger partial charge on any atom is -0.394 e. The summed E-state index contributed by atoms with van der Waals surface area (Å²) in [6.45, 7) is 0.288. The number of benzene rings is 1. The van der Waals surface area contributed by atoms with Crippen molar-refractivity contribution in [2.24, 2.45) is 23.7 Å². The molecule has 4 aliphatic carbocycles. The van der Waals surface area contributed by atoms with Gasteiger partial charge in [-0.05, 0) is 67.9 Å². The molecule has 2 N–H and O–H groups in total. The molecule has 19 heavy (non-hydrogen) atoms. The number of hydrogen-bond acceptors (Lipinski definition) is 2. The molecule has 0 radical (unpaired) electrons. The lowest BCUT2D eigenvalue weighted by atomic mass is 9.48. The minimum atomic E-state index is -0.0469. The van der Waals surface area contributed by atoms with Gasteiger partial charge in [-0.15, -0.1) is 0 Å². The lowest BCUT2D eigenvalue weighted by Gasteiger charge is -2.61. The molecule has 1 aromatic rings. The van der Waals surface area contributed by atoms with E-state index in [1.807, 2.05) is 6.07 Å². The first kappa shape index (κ1) is 11.8. The van der Waals surface area contributed by atoms with Crippen molar-refractivity contribution < 1.29 is 5.11 Å². The SMILES string of the molecule is OCC1(Nc2ccccc2)C2CC3CC(C2)CC1C3. The van der Waals surface area contributed by atoms with Gasteiger partial charge in [-0.25, -0.2) is 0 Å². The number of aliphatic hydroxyl groups excluding tert-OH is 1. The van der Waals surface area contributed by atoms with Crippen molar-refractivity contribution in [1.29, 1.82) is 0 Å². The van der Waals surface area contributed by atoms with E-state index < -0.39 is 0 Å². The van der Waals surface area contributed by atoms with E-state index >= 15 is 0 Å². The van der Waals surface area contributed by atoms with Crippen LogP contribution in [-0.4, -0.2) is 17.3 Å². The maximum atomic E-state index is 10.1. The Kier molecular flexibility index (Phi) is 2.63. The van der Waals surface area contributed by atoms with Crippen molar-refractivity contribution in [1.82, 2.24) is 0 Å². The molecular formula is C17H23NO. The van der Waals surface area contributed by atoms with Crippen molar-refractivity contribution >= 4 is 5.69 Å². The quantitative estimate of drug-likeness (QED) is 0.871. The smallest absolute Gasteiger partial charge is 0.0667 e. The van der Waals surface area contributed by atoms with Gasteiger partial charge in [-0.1, -0.05) is 18.2 Å². The second kappa shape index (κ2) is 4.24. The van der Waals surface area contributed by atoms with Gasteiger partial charge in [0.2, 0.25) is 0 Å². The molecule has 4 bridgehead atoms.